The van der Waals surface area contributed by atoms with E-state index >= 15 is 0 Å². The SMILES string of the molecule is O=C(NCCSCCCO)c1cc(C(F)(F)F)ccc1Br. The molecule has 0 unspecified atom stereocenters. The van der Waals surface area contributed by atoms with Crippen molar-refractivity contribution in [3.63, 3.8) is 0 Å². The molecule has 1 rings (SSSR count). The predicted molar refractivity (Wildman–Crippen MR) is 80.5 cm³/mol. The maximum absolute atomic E-state index is 12.6. The highest BCUT2D eigenvalue weighted by atomic mass is 79.9. The lowest BCUT2D eigenvalue weighted by Crippen LogP contribution is -2.26. The molecular weight excluding hydrogens is 371 g/mol. The minimum absolute atomic E-state index is 0.0369. The van der Waals surface area contributed by atoms with Crippen LogP contribution in [0, 0.1) is 0 Å². The van der Waals surface area contributed by atoms with Gasteiger partial charge in [0.15, 0.2) is 0 Å². The number of benzene rings is 1. The summed E-state index contributed by atoms with van der Waals surface area (Å²) >= 11 is 4.64. The van der Waals surface area contributed by atoms with Crippen molar-refractivity contribution in [1.82, 2.24) is 5.32 Å². The van der Waals surface area contributed by atoms with E-state index in [1.165, 1.54) is 6.07 Å². The predicted octanol–water partition coefficient (Wildman–Crippen LogP) is 3.31. The summed E-state index contributed by atoms with van der Waals surface area (Å²) in [4.78, 5) is 11.9. The number of rotatable bonds is 7. The van der Waals surface area contributed by atoms with Crippen LogP contribution in [0.4, 0.5) is 13.2 Å². The van der Waals surface area contributed by atoms with Gasteiger partial charge in [-0.25, -0.2) is 0 Å². The van der Waals surface area contributed by atoms with E-state index in [9.17, 15) is 18.0 Å². The Morgan fingerprint density at radius 1 is 1.33 bits per heavy atom. The van der Waals surface area contributed by atoms with Gasteiger partial charge in [-0.05, 0) is 46.3 Å². The number of alkyl halides is 3. The molecule has 0 saturated carbocycles. The first-order valence-corrected chi connectivity index (χ1v) is 8.14. The van der Waals surface area contributed by atoms with Crippen LogP contribution in [-0.4, -0.2) is 35.7 Å². The second-order valence-electron chi connectivity index (χ2n) is 4.14. The van der Waals surface area contributed by atoms with Crippen LogP contribution in [0.2, 0.25) is 0 Å². The first kappa shape index (κ1) is 18.3. The van der Waals surface area contributed by atoms with Crippen LogP contribution in [0.15, 0.2) is 22.7 Å². The van der Waals surface area contributed by atoms with Gasteiger partial charge in [-0.1, -0.05) is 0 Å². The Bertz CT molecular complexity index is 483. The first-order chi connectivity index (χ1) is 9.86. The van der Waals surface area contributed by atoms with E-state index in [1.807, 2.05) is 0 Å². The lowest BCUT2D eigenvalue weighted by Gasteiger charge is -2.11. The summed E-state index contributed by atoms with van der Waals surface area (Å²) in [6, 6.07) is 2.97. The van der Waals surface area contributed by atoms with Crippen LogP contribution in [0.3, 0.4) is 0 Å². The molecule has 2 N–H and O–H groups in total. The molecule has 3 nitrogen and oxygen atoms in total. The Morgan fingerprint density at radius 3 is 2.67 bits per heavy atom. The molecule has 0 saturated heterocycles. The minimum Gasteiger partial charge on any atom is -0.396 e. The Labute approximate surface area is 133 Å². The van der Waals surface area contributed by atoms with Crippen molar-refractivity contribution in [2.24, 2.45) is 0 Å². The van der Waals surface area contributed by atoms with Crippen molar-refractivity contribution in [3.05, 3.63) is 33.8 Å². The summed E-state index contributed by atoms with van der Waals surface area (Å²) in [6.45, 7) is 0.480. The van der Waals surface area contributed by atoms with Gasteiger partial charge in [0, 0.05) is 23.4 Å². The van der Waals surface area contributed by atoms with E-state index in [1.54, 1.807) is 11.8 Å². The topological polar surface area (TPSA) is 49.3 Å². The van der Waals surface area contributed by atoms with E-state index in [4.69, 9.17) is 5.11 Å². The average Bonchev–Trinajstić information content (AvgIpc) is 2.41. The fraction of sp³-hybridized carbons (Fsp3) is 0.462. The van der Waals surface area contributed by atoms with E-state index in [0.29, 0.717) is 23.2 Å². The normalized spacial score (nSPS) is 11.5. The molecule has 0 bridgehead atoms. The maximum Gasteiger partial charge on any atom is 0.416 e. The van der Waals surface area contributed by atoms with Crippen LogP contribution < -0.4 is 5.32 Å². The molecule has 0 fully saturated rings. The highest BCUT2D eigenvalue weighted by Gasteiger charge is 2.31. The van der Waals surface area contributed by atoms with Crippen molar-refractivity contribution < 1.29 is 23.1 Å². The van der Waals surface area contributed by atoms with Gasteiger partial charge in [-0.2, -0.15) is 24.9 Å². The third kappa shape index (κ3) is 6.27. The Hall–Kier alpha value is -0.730. The number of carbonyl (C=O) groups excluding carboxylic acids is 1. The molecule has 0 spiro atoms. The van der Waals surface area contributed by atoms with Gasteiger partial charge in [-0.3, -0.25) is 4.79 Å². The lowest BCUT2D eigenvalue weighted by atomic mass is 10.1. The zero-order valence-electron chi connectivity index (χ0n) is 11.0. The molecule has 0 aliphatic carbocycles. The van der Waals surface area contributed by atoms with Gasteiger partial charge >= 0.3 is 6.18 Å². The minimum atomic E-state index is -4.48. The van der Waals surface area contributed by atoms with Crippen molar-refractivity contribution in [2.45, 2.75) is 12.6 Å². The summed E-state index contributed by atoms with van der Waals surface area (Å²) in [5.74, 6) is 0.873. The number of hydrogen-bond donors (Lipinski definition) is 2. The molecule has 1 aromatic carbocycles. The third-order valence-electron chi connectivity index (χ3n) is 2.52. The van der Waals surface area contributed by atoms with Crippen molar-refractivity contribution >= 4 is 33.6 Å². The molecule has 1 amide bonds. The van der Waals surface area contributed by atoms with Gasteiger partial charge in [0.05, 0.1) is 11.1 Å². The number of aliphatic hydroxyl groups excluding tert-OH is 1. The van der Waals surface area contributed by atoms with Gasteiger partial charge in [0.1, 0.15) is 0 Å². The molecule has 0 heterocycles. The molecule has 8 heteroatoms. The van der Waals surface area contributed by atoms with Crippen molar-refractivity contribution in [3.8, 4) is 0 Å². The van der Waals surface area contributed by atoms with Gasteiger partial charge < -0.3 is 10.4 Å². The number of amides is 1. The van der Waals surface area contributed by atoms with Gasteiger partial charge in [-0.15, -0.1) is 0 Å². The Morgan fingerprint density at radius 2 is 2.05 bits per heavy atom. The van der Waals surface area contributed by atoms with E-state index < -0.39 is 17.6 Å². The standard InChI is InChI=1S/C13H15BrF3NO2S/c14-11-3-2-9(13(15,16)17)8-10(11)12(20)18-4-7-21-6-1-5-19/h2-3,8,19H,1,4-7H2,(H,18,20). The van der Waals surface area contributed by atoms with Crippen molar-refractivity contribution in [2.75, 3.05) is 24.7 Å². The van der Waals surface area contributed by atoms with E-state index in [-0.39, 0.29) is 12.2 Å². The summed E-state index contributed by atoms with van der Waals surface area (Å²) in [5.41, 5.74) is -0.890. The quantitative estimate of drug-likeness (QED) is 0.707. The second-order valence-corrected chi connectivity index (χ2v) is 6.22. The van der Waals surface area contributed by atoms with Crippen LogP contribution in [-0.2, 0) is 6.18 Å². The van der Waals surface area contributed by atoms with Crippen LogP contribution >= 0.6 is 27.7 Å². The number of hydrogen-bond acceptors (Lipinski definition) is 3. The highest BCUT2D eigenvalue weighted by Crippen LogP contribution is 2.31. The van der Waals surface area contributed by atoms with Crippen LogP contribution in [0.1, 0.15) is 22.3 Å². The van der Waals surface area contributed by atoms with Gasteiger partial charge in [0.25, 0.3) is 5.91 Å². The average molecular weight is 386 g/mol. The van der Waals surface area contributed by atoms with Crippen LogP contribution in [0.5, 0.6) is 0 Å². The third-order valence-corrected chi connectivity index (χ3v) is 4.28. The molecule has 1 aromatic rings. The monoisotopic (exact) mass is 385 g/mol. The summed E-state index contributed by atoms with van der Waals surface area (Å²) < 4.78 is 38.2. The summed E-state index contributed by atoms with van der Waals surface area (Å²) in [7, 11) is 0. The summed E-state index contributed by atoms with van der Waals surface area (Å²) in [6.07, 6.45) is -3.80. The van der Waals surface area contributed by atoms with Gasteiger partial charge in [0.2, 0.25) is 0 Å². The molecule has 0 aromatic heterocycles. The molecule has 0 aliphatic heterocycles. The summed E-state index contributed by atoms with van der Waals surface area (Å²) in [5, 5.41) is 11.2. The fourth-order valence-electron chi connectivity index (χ4n) is 1.48. The number of nitrogens with one attached hydrogen (secondary N) is 1. The number of halogens is 4. The molecular formula is C13H15BrF3NO2S. The molecule has 21 heavy (non-hydrogen) atoms. The van der Waals surface area contributed by atoms with E-state index in [0.717, 1.165) is 17.9 Å². The van der Waals surface area contributed by atoms with Crippen LogP contribution in [0.25, 0.3) is 0 Å². The molecule has 0 radical (unpaired) electrons. The van der Waals surface area contributed by atoms with Crippen molar-refractivity contribution in [1.29, 1.82) is 0 Å². The smallest absolute Gasteiger partial charge is 0.396 e. The number of aliphatic hydroxyl groups is 1. The molecule has 118 valence electrons. The zero-order chi connectivity index (χ0) is 15.9. The highest BCUT2D eigenvalue weighted by molar-refractivity contribution is 9.10. The Balaban J connectivity index is 2.57. The fourth-order valence-corrected chi connectivity index (χ4v) is 2.69. The first-order valence-electron chi connectivity index (χ1n) is 6.20. The maximum atomic E-state index is 12.6. The van der Waals surface area contributed by atoms with E-state index in [2.05, 4.69) is 21.2 Å². The number of carbonyl (C=O) groups is 1. The second kappa shape index (κ2) is 8.65. The lowest BCUT2D eigenvalue weighted by molar-refractivity contribution is -0.137. The number of thioether (sulfide) groups is 1. The molecule has 0 aliphatic rings. The largest absolute Gasteiger partial charge is 0.416 e. The molecule has 0 atom stereocenters. The zero-order valence-corrected chi connectivity index (χ0v) is 13.4. The Kier molecular flexibility index (Phi) is 7.55.